The second-order valence-electron chi connectivity index (χ2n) is 7.99. The fourth-order valence-corrected chi connectivity index (χ4v) is 3.98. The van der Waals surface area contributed by atoms with Crippen molar-refractivity contribution in [2.75, 3.05) is 32.1 Å². The third-order valence-electron chi connectivity index (χ3n) is 5.75. The summed E-state index contributed by atoms with van der Waals surface area (Å²) in [6, 6.07) is 13.0. The Hall–Kier alpha value is -3.06. The number of imidazole rings is 1. The predicted molar refractivity (Wildman–Crippen MR) is 122 cm³/mol. The molecule has 7 heteroatoms. The van der Waals surface area contributed by atoms with Gasteiger partial charge in [-0.05, 0) is 68.4 Å². The molecule has 1 N–H and O–H groups in total. The van der Waals surface area contributed by atoms with Gasteiger partial charge in [-0.25, -0.2) is 4.98 Å². The van der Waals surface area contributed by atoms with Crippen molar-refractivity contribution in [3.05, 3.63) is 48.3 Å². The fourth-order valence-electron chi connectivity index (χ4n) is 3.98. The number of ether oxygens (including phenoxy) is 2. The van der Waals surface area contributed by atoms with Crippen LogP contribution in [0.15, 0.2) is 42.5 Å². The molecule has 4 rings (SSSR count). The molecule has 1 fully saturated rings. The van der Waals surface area contributed by atoms with Crippen molar-refractivity contribution in [1.29, 1.82) is 0 Å². The van der Waals surface area contributed by atoms with Gasteiger partial charge in [0.1, 0.15) is 17.3 Å². The highest BCUT2D eigenvalue weighted by atomic mass is 16.5. The minimum absolute atomic E-state index is 0.0627. The zero-order valence-corrected chi connectivity index (χ0v) is 18.3. The van der Waals surface area contributed by atoms with Gasteiger partial charge in [0.15, 0.2) is 6.61 Å². The molecule has 0 aliphatic carbocycles. The van der Waals surface area contributed by atoms with Gasteiger partial charge in [0.05, 0.1) is 24.7 Å². The van der Waals surface area contributed by atoms with E-state index in [0.29, 0.717) is 5.75 Å². The molecule has 1 amide bonds. The lowest BCUT2D eigenvalue weighted by atomic mass is 10.2. The first-order valence-electron chi connectivity index (χ1n) is 10.9. The molecule has 3 aromatic rings. The van der Waals surface area contributed by atoms with E-state index in [9.17, 15) is 4.79 Å². The Morgan fingerprint density at radius 2 is 1.74 bits per heavy atom. The molecule has 2 heterocycles. The average Bonchev–Trinajstić information content (AvgIpc) is 2.94. The van der Waals surface area contributed by atoms with Gasteiger partial charge in [0.2, 0.25) is 0 Å². The fraction of sp³-hybridized carbons (Fsp3) is 0.417. The number of aryl methyl sites for hydroxylation is 1. The van der Waals surface area contributed by atoms with Crippen molar-refractivity contribution in [2.45, 2.75) is 32.2 Å². The summed E-state index contributed by atoms with van der Waals surface area (Å²) in [7, 11) is 3.67. The number of hydrogen-bond donors (Lipinski definition) is 1. The first kappa shape index (κ1) is 21.2. The Morgan fingerprint density at radius 3 is 2.45 bits per heavy atom. The van der Waals surface area contributed by atoms with Crippen LogP contribution in [0.4, 0.5) is 5.69 Å². The van der Waals surface area contributed by atoms with Crippen LogP contribution >= 0.6 is 0 Å². The Labute approximate surface area is 183 Å². The number of carbonyl (C=O) groups is 1. The molecular formula is C24H30N4O3. The van der Waals surface area contributed by atoms with Crippen LogP contribution in [-0.4, -0.2) is 47.2 Å². The molecule has 0 spiro atoms. The van der Waals surface area contributed by atoms with Gasteiger partial charge in [-0.2, -0.15) is 0 Å². The number of rotatable bonds is 7. The largest absolute Gasteiger partial charge is 0.497 e. The molecule has 7 nitrogen and oxygen atoms in total. The van der Waals surface area contributed by atoms with E-state index >= 15 is 0 Å². The number of benzene rings is 2. The molecule has 1 saturated heterocycles. The molecule has 0 saturated carbocycles. The summed E-state index contributed by atoms with van der Waals surface area (Å²) in [6.45, 7) is 3.08. The molecule has 2 aromatic carbocycles. The van der Waals surface area contributed by atoms with Crippen molar-refractivity contribution in [2.24, 2.45) is 7.05 Å². The number of aromatic nitrogens is 2. The minimum atomic E-state index is -0.212. The average molecular weight is 423 g/mol. The molecule has 0 atom stereocenters. The number of amides is 1. The topological polar surface area (TPSA) is 68.6 Å². The molecule has 31 heavy (non-hydrogen) atoms. The SMILES string of the molecule is COc1ccc(OCC(=O)Nc2ccc3c(c2)nc(CN2CCCCCC2)n3C)cc1. The van der Waals surface area contributed by atoms with Crippen LogP contribution < -0.4 is 14.8 Å². The summed E-state index contributed by atoms with van der Waals surface area (Å²) in [5.74, 6) is 2.21. The molecule has 0 radical (unpaired) electrons. The van der Waals surface area contributed by atoms with E-state index in [1.807, 2.05) is 18.2 Å². The number of carbonyl (C=O) groups excluding carboxylic acids is 1. The highest BCUT2D eigenvalue weighted by Crippen LogP contribution is 2.22. The number of methoxy groups -OCH3 is 1. The van der Waals surface area contributed by atoms with Crippen molar-refractivity contribution >= 4 is 22.6 Å². The lowest BCUT2D eigenvalue weighted by Gasteiger charge is -2.19. The minimum Gasteiger partial charge on any atom is -0.497 e. The van der Waals surface area contributed by atoms with E-state index in [1.54, 1.807) is 31.4 Å². The molecule has 0 bridgehead atoms. The summed E-state index contributed by atoms with van der Waals surface area (Å²) in [6.07, 6.45) is 5.17. The lowest BCUT2D eigenvalue weighted by molar-refractivity contribution is -0.118. The van der Waals surface area contributed by atoms with Crippen LogP contribution in [0.25, 0.3) is 11.0 Å². The zero-order chi connectivity index (χ0) is 21.6. The van der Waals surface area contributed by atoms with Gasteiger partial charge in [0.25, 0.3) is 5.91 Å². The van der Waals surface area contributed by atoms with Crippen molar-refractivity contribution in [3.63, 3.8) is 0 Å². The maximum absolute atomic E-state index is 12.3. The molecule has 1 aliphatic heterocycles. The smallest absolute Gasteiger partial charge is 0.262 e. The van der Waals surface area contributed by atoms with Crippen LogP contribution in [0.5, 0.6) is 11.5 Å². The monoisotopic (exact) mass is 422 g/mol. The Kier molecular flexibility index (Phi) is 6.72. The van der Waals surface area contributed by atoms with Gasteiger partial charge < -0.3 is 19.4 Å². The zero-order valence-electron chi connectivity index (χ0n) is 18.3. The lowest BCUT2D eigenvalue weighted by Crippen LogP contribution is -2.25. The Bertz CT molecular complexity index is 1020. The first-order valence-corrected chi connectivity index (χ1v) is 10.9. The van der Waals surface area contributed by atoms with E-state index in [0.717, 1.165) is 47.9 Å². The van der Waals surface area contributed by atoms with Crippen molar-refractivity contribution in [3.8, 4) is 11.5 Å². The number of nitrogens with one attached hydrogen (secondary N) is 1. The summed E-state index contributed by atoms with van der Waals surface area (Å²) >= 11 is 0. The highest BCUT2D eigenvalue weighted by Gasteiger charge is 2.15. The molecule has 1 aromatic heterocycles. The standard InChI is InChI=1S/C24H30N4O3/c1-27-22-12-7-18(25-24(29)17-31-20-10-8-19(30-2)9-11-20)15-21(22)26-23(27)16-28-13-5-3-4-6-14-28/h7-12,15H,3-6,13-14,16-17H2,1-2H3,(H,25,29). The van der Waals surface area contributed by atoms with Crippen LogP contribution in [-0.2, 0) is 18.4 Å². The van der Waals surface area contributed by atoms with Gasteiger partial charge in [-0.3, -0.25) is 9.69 Å². The normalized spacial score (nSPS) is 14.9. The molecule has 164 valence electrons. The third-order valence-corrected chi connectivity index (χ3v) is 5.75. The highest BCUT2D eigenvalue weighted by molar-refractivity contribution is 5.94. The quantitative estimate of drug-likeness (QED) is 0.624. The summed E-state index contributed by atoms with van der Waals surface area (Å²) in [4.78, 5) is 19.7. The summed E-state index contributed by atoms with van der Waals surface area (Å²) in [5, 5.41) is 2.90. The molecule has 1 aliphatic rings. The number of anilines is 1. The van der Waals surface area contributed by atoms with Gasteiger partial charge in [-0.15, -0.1) is 0 Å². The first-order chi connectivity index (χ1) is 15.1. The van der Waals surface area contributed by atoms with E-state index in [4.69, 9.17) is 14.5 Å². The van der Waals surface area contributed by atoms with Gasteiger partial charge in [-0.1, -0.05) is 12.8 Å². The summed E-state index contributed by atoms with van der Waals surface area (Å²) < 4.78 is 12.8. The van der Waals surface area contributed by atoms with Crippen LogP contribution in [0.3, 0.4) is 0 Å². The van der Waals surface area contributed by atoms with Crippen molar-refractivity contribution < 1.29 is 14.3 Å². The predicted octanol–water partition coefficient (Wildman–Crippen LogP) is 3.98. The number of nitrogens with zero attached hydrogens (tertiary/aromatic N) is 3. The van der Waals surface area contributed by atoms with E-state index in [1.165, 1.54) is 25.7 Å². The third kappa shape index (κ3) is 5.35. The van der Waals surface area contributed by atoms with Crippen LogP contribution in [0.1, 0.15) is 31.5 Å². The van der Waals surface area contributed by atoms with Gasteiger partial charge in [0, 0.05) is 12.7 Å². The van der Waals surface area contributed by atoms with E-state index in [2.05, 4.69) is 21.8 Å². The second-order valence-corrected chi connectivity index (χ2v) is 7.99. The van der Waals surface area contributed by atoms with Crippen LogP contribution in [0, 0.1) is 0 Å². The van der Waals surface area contributed by atoms with E-state index < -0.39 is 0 Å². The number of likely N-dealkylation sites (tertiary alicyclic amines) is 1. The van der Waals surface area contributed by atoms with Crippen molar-refractivity contribution in [1.82, 2.24) is 14.5 Å². The second kappa shape index (κ2) is 9.83. The Balaban J connectivity index is 1.38. The van der Waals surface area contributed by atoms with Gasteiger partial charge >= 0.3 is 0 Å². The van der Waals surface area contributed by atoms with Crippen LogP contribution in [0.2, 0.25) is 0 Å². The molecular weight excluding hydrogens is 392 g/mol. The summed E-state index contributed by atoms with van der Waals surface area (Å²) in [5.41, 5.74) is 2.67. The maximum atomic E-state index is 12.3. The maximum Gasteiger partial charge on any atom is 0.262 e. The van der Waals surface area contributed by atoms with E-state index in [-0.39, 0.29) is 12.5 Å². The number of fused-ring (bicyclic) bond motifs is 1. The molecule has 0 unspecified atom stereocenters. The Morgan fingerprint density at radius 1 is 1.03 bits per heavy atom. The number of hydrogen-bond acceptors (Lipinski definition) is 5.